The van der Waals surface area contributed by atoms with Gasteiger partial charge >= 0.3 is 0 Å². The van der Waals surface area contributed by atoms with Gasteiger partial charge in [-0.15, -0.1) is 11.3 Å². The number of carbonyl (C=O) groups is 1. The van der Waals surface area contributed by atoms with Gasteiger partial charge in [0.2, 0.25) is 0 Å². The number of hydrogen-bond donors (Lipinski definition) is 3. The molecule has 5 heteroatoms. The number of rotatable bonds is 3. The first kappa shape index (κ1) is 13.8. The number of anilines is 1. The first-order valence-corrected chi connectivity index (χ1v) is 8.51. The second-order valence-corrected chi connectivity index (χ2v) is 7.29. The van der Waals surface area contributed by atoms with Crippen LogP contribution in [-0.2, 0) is 0 Å². The second-order valence-electron chi connectivity index (χ2n) is 6.21. The van der Waals surface area contributed by atoms with Crippen molar-refractivity contribution >= 4 is 22.9 Å². The fourth-order valence-corrected chi connectivity index (χ4v) is 4.46. The second kappa shape index (κ2) is 5.41. The summed E-state index contributed by atoms with van der Waals surface area (Å²) in [6.45, 7) is 1.04. The summed E-state index contributed by atoms with van der Waals surface area (Å²) in [5.41, 5.74) is 7.63. The van der Waals surface area contributed by atoms with Gasteiger partial charge in [0.1, 0.15) is 0 Å². The molecule has 2 aliphatic rings. The number of piperidine rings is 1. The fourth-order valence-electron chi connectivity index (χ4n) is 3.56. The normalized spacial score (nSPS) is 26.3. The van der Waals surface area contributed by atoms with Gasteiger partial charge in [-0.2, -0.15) is 0 Å². The molecule has 1 aromatic carbocycles. The van der Waals surface area contributed by atoms with Gasteiger partial charge in [0.15, 0.2) is 0 Å². The van der Waals surface area contributed by atoms with Crippen molar-refractivity contribution in [3.8, 4) is 10.4 Å². The van der Waals surface area contributed by atoms with Crippen LogP contribution >= 0.6 is 11.3 Å². The minimum atomic E-state index is 0.0534. The molecule has 0 radical (unpaired) electrons. The highest BCUT2D eigenvalue weighted by atomic mass is 32.1. The van der Waals surface area contributed by atoms with Gasteiger partial charge in [-0.3, -0.25) is 4.79 Å². The zero-order valence-corrected chi connectivity index (χ0v) is 13.0. The Bertz CT molecular complexity index is 711. The fraction of sp³-hybridized carbons (Fsp3) is 0.353. The maximum atomic E-state index is 12.4. The summed E-state index contributed by atoms with van der Waals surface area (Å²) in [6.07, 6.45) is 2.26. The molecular formula is C17H19N3OS. The van der Waals surface area contributed by atoms with Crippen LogP contribution in [0.5, 0.6) is 0 Å². The maximum Gasteiger partial charge on any atom is 0.261 e. The number of hydrogen-bond acceptors (Lipinski definition) is 4. The third-order valence-electron chi connectivity index (χ3n) is 4.68. The average Bonchev–Trinajstić information content (AvgIpc) is 3.23. The molecule has 22 heavy (non-hydrogen) atoms. The zero-order valence-electron chi connectivity index (χ0n) is 12.2. The Kier molecular flexibility index (Phi) is 3.39. The lowest BCUT2D eigenvalue weighted by molar-refractivity contribution is 0.0929. The number of thiophene rings is 1. The van der Waals surface area contributed by atoms with Crippen LogP contribution in [0.2, 0.25) is 0 Å². The topological polar surface area (TPSA) is 67.2 Å². The van der Waals surface area contributed by atoms with E-state index in [-0.39, 0.29) is 5.91 Å². The van der Waals surface area contributed by atoms with Crippen molar-refractivity contribution in [2.75, 3.05) is 12.3 Å². The highest BCUT2D eigenvalue weighted by Crippen LogP contribution is 2.33. The number of benzene rings is 1. The molecule has 3 unspecified atom stereocenters. The van der Waals surface area contributed by atoms with Gasteiger partial charge < -0.3 is 16.4 Å². The van der Waals surface area contributed by atoms with Crippen molar-refractivity contribution in [2.45, 2.75) is 24.9 Å². The van der Waals surface area contributed by atoms with Gasteiger partial charge in [0, 0.05) is 29.2 Å². The molecule has 114 valence electrons. The predicted octanol–water partition coefficient (Wildman–Crippen LogP) is 2.48. The molecule has 1 saturated carbocycles. The summed E-state index contributed by atoms with van der Waals surface area (Å²) in [5, 5.41) is 6.68. The summed E-state index contributed by atoms with van der Waals surface area (Å²) in [4.78, 5) is 14.3. The van der Waals surface area contributed by atoms with Crippen molar-refractivity contribution in [2.24, 2.45) is 5.92 Å². The lowest BCUT2D eigenvalue weighted by Gasteiger charge is -2.23. The molecule has 2 fully saturated rings. The highest BCUT2D eigenvalue weighted by Gasteiger charge is 2.40. The van der Waals surface area contributed by atoms with Crippen molar-refractivity contribution in [1.29, 1.82) is 0 Å². The van der Waals surface area contributed by atoms with E-state index in [2.05, 4.69) is 10.6 Å². The summed E-state index contributed by atoms with van der Waals surface area (Å²) in [7, 11) is 0. The van der Waals surface area contributed by atoms with Crippen molar-refractivity contribution in [3.63, 3.8) is 0 Å². The van der Waals surface area contributed by atoms with E-state index in [1.54, 1.807) is 0 Å². The summed E-state index contributed by atoms with van der Waals surface area (Å²) < 4.78 is 0. The molecule has 2 aromatic rings. The van der Waals surface area contributed by atoms with E-state index in [0.717, 1.165) is 34.0 Å². The monoisotopic (exact) mass is 313 g/mol. The summed E-state index contributed by atoms with van der Waals surface area (Å²) in [6, 6.07) is 12.6. The van der Waals surface area contributed by atoms with Gasteiger partial charge in [-0.1, -0.05) is 12.1 Å². The van der Waals surface area contributed by atoms with Crippen LogP contribution in [0, 0.1) is 5.92 Å². The number of fused-ring (bicyclic) bond motifs is 2. The van der Waals surface area contributed by atoms with Crippen LogP contribution in [-0.4, -0.2) is 24.5 Å². The minimum absolute atomic E-state index is 0.0534. The van der Waals surface area contributed by atoms with Crippen molar-refractivity contribution < 1.29 is 4.79 Å². The molecule has 0 spiro atoms. The van der Waals surface area contributed by atoms with Crippen molar-refractivity contribution in [3.05, 3.63) is 41.3 Å². The Morgan fingerprint density at radius 2 is 2.18 bits per heavy atom. The van der Waals surface area contributed by atoms with Crippen LogP contribution in [0.4, 0.5) is 5.69 Å². The van der Waals surface area contributed by atoms with E-state index in [9.17, 15) is 4.79 Å². The van der Waals surface area contributed by atoms with Gasteiger partial charge in [-0.05, 0) is 48.6 Å². The van der Waals surface area contributed by atoms with E-state index >= 15 is 0 Å². The molecule has 1 aromatic heterocycles. The van der Waals surface area contributed by atoms with Crippen LogP contribution in [0.3, 0.4) is 0 Å². The Labute approximate surface area is 133 Å². The largest absolute Gasteiger partial charge is 0.399 e. The Hall–Kier alpha value is -1.85. The quantitative estimate of drug-likeness (QED) is 0.763. The van der Waals surface area contributed by atoms with E-state index < -0.39 is 0 Å². The van der Waals surface area contributed by atoms with Crippen LogP contribution < -0.4 is 16.4 Å². The zero-order chi connectivity index (χ0) is 15.1. The van der Waals surface area contributed by atoms with E-state index in [4.69, 9.17) is 5.73 Å². The van der Waals surface area contributed by atoms with E-state index in [1.807, 2.05) is 36.4 Å². The molecule has 1 aliphatic heterocycles. The number of nitrogens with two attached hydrogens (primary N) is 1. The third kappa shape index (κ3) is 2.51. The van der Waals surface area contributed by atoms with Gasteiger partial charge in [0.05, 0.1) is 4.88 Å². The molecule has 1 amide bonds. The summed E-state index contributed by atoms with van der Waals surface area (Å²) >= 11 is 1.52. The first-order chi connectivity index (χ1) is 10.7. The van der Waals surface area contributed by atoms with Crippen LogP contribution in [0.15, 0.2) is 36.4 Å². The molecule has 2 bridgehead atoms. The Morgan fingerprint density at radius 3 is 2.91 bits per heavy atom. The number of amides is 1. The number of carbonyl (C=O) groups excluding carboxylic acids is 1. The molecule has 4 N–H and O–H groups in total. The highest BCUT2D eigenvalue weighted by molar-refractivity contribution is 7.17. The maximum absolute atomic E-state index is 12.4. The molecule has 1 aliphatic carbocycles. The Balaban J connectivity index is 1.48. The smallest absolute Gasteiger partial charge is 0.261 e. The Morgan fingerprint density at radius 1 is 1.27 bits per heavy atom. The molecule has 4 rings (SSSR count). The summed E-state index contributed by atoms with van der Waals surface area (Å²) in [5.74, 6) is 0.653. The standard InChI is InChI=1S/C17H19N3OS/c18-12-3-1-2-10(6-12)15-4-5-16(22-15)17(21)20-14-8-13-7-11(14)9-19-13/h1-6,11,13-14,19H,7-9,18H2,(H,20,21). The average molecular weight is 313 g/mol. The third-order valence-corrected chi connectivity index (χ3v) is 5.81. The lowest BCUT2D eigenvalue weighted by Crippen LogP contribution is -2.43. The molecule has 3 atom stereocenters. The number of nitrogens with one attached hydrogen (secondary N) is 2. The van der Waals surface area contributed by atoms with Crippen molar-refractivity contribution in [1.82, 2.24) is 10.6 Å². The van der Waals surface area contributed by atoms with Gasteiger partial charge in [0.25, 0.3) is 5.91 Å². The molecule has 1 saturated heterocycles. The predicted molar refractivity (Wildman–Crippen MR) is 89.9 cm³/mol. The van der Waals surface area contributed by atoms with E-state index in [1.165, 1.54) is 17.8 Å². The van der Waals surface area contributed by atoms with E-state index in [0.29, 0.717) is 18.0 Å². The van der Waals surface area contributed by atoms with Crippen LogP contribution in [0.25, 0.3) is 10.4 Å². The van der Waals surface area contributed by atoms with Gasteiger partial charge in [-0.25, -0.2) is 0 Å². The molecule has 2 heterocycles. The van der Waals surface area contributed by atoms with Crippen LogP contribution in [0.1, 0.15) is 22.5 Å². The molecule has 4 nitrogen and oxygen atoms in total. The molecular weight excluding hydrogens is 294 g/mol. The SMILES string of the molecule is Nc1cccc(-c2ccc(C(=O)NC3CC4CC3CN4)s2)c1. The number of nitrogen functional groups attached to an aromatic ring is 1. The minimum Gasteiger partial charge on any atom is -0.399 e. The lowest BCUT2D eigenvalue weighted by atomic mass is 10.0. The first-order valence-electron chi connectivity index (χ1n) is 7.69.